The molecule has 1 aromatic heterocycles. The zero-order valence-corrected chi connectivity index (χ0v) is 14.7. The van der Waals surface area contributed by atoms with Gasteiger partial charge in [-0.1, -0.05) is 18.2 Å². The fourth-order valence-electron chi connectivity index (χ4n) is 2.54. The van der Waals surface area contributed by atoms with Gasteiger partial charge in [-0.3, -0.25) is 15.6 Å². The second-order valence-corrected chi connectivity index (χ2v) is 5.38. The number of hydrogen-bond acceptors (Lipinski definition) is 6. The molecular formula is C19H19N3O4. The number of hydrazine groups is 1. The van der Waals surface area contributed by atoms with Gasteiger partial charge in [0.2, 0.25) is 5.75 Å². The van der Waals surface area contributed by atoms with E-state index < -0.39 is 0 Å². The van der Waals surface area contributed by atoms with Crippen molar-refractivity contribution in [3.05, 3.63) is 54.1 Å². The van der Waals surface area contributed by atoms with Crippen LogP contribution in [0.5, 0.6) is 17.2 Å². The molecule has 0 atom stereocenters. The molecule has 0 unspecified atom stereocenters. The molecule has 1 heterocycles. The van der Waals surface area contributed by atoms with Crippen LogP contribution in [0, 0.1) is 0 Å². The molecule has 7 heteroatoms. The lowest BCUT2D eigenvalue weighted by Gasteiger charge is -2.14. The van der Waals surface area contributed by atoms with E-state index in [1.165, 1.54) is 21.3 Å². The summed E-state index contributed by atoms with van der Waals surface area (Å²) in [5.41, 5.74) is 6.62. The number of rotatable bonds is 6. The van der Waals surface area contributed by atoms with E-state index in [0.29, 0.717) is 28.6 Å². The summed E-state index contributed by atoms with van der Waals surface area (Å²) in [7, 11) is 4.50. The van der Waals surface area contributed by atoms with E-state index in [0.717, 1.165) is 10.9 Å². The molecule has 3 aromatic rings. The first-order chi connectivity index (χ1) is 12.7. The first-order valence-corrected chi connectivity index (χ1v) is 7.88. The van der Waals surface area contributed by atoms with Crippen LogP contribution in [0.3, 0.4) is 0 Å². The van der Waals surface area contributed by atoms with Crippen LogP contribution >= 0.6 is 0 Å². The highest BCUT2D eigenvalue weighted by molar-refractivity contribution is 5.96. The van der Waals surface area contributed by atoms with E-state index in [4.69, 9.17) is 14.2 Å². The number of amides is 1. The molecule has 2 N–H and O–H groups in total. The Balaban J connectivity index is 1.78. The van der Waals surface area contributed by atoms with Gasteiger partial charge < -0.3 is 14.2 Å². The molecule has 26 heavy (non-hydrogen) atoms. The van der Waals surface area contributed by atoms with Crippen LogP contribution in [0.2, 0.25) is 0 Å². The van der Waals surface area contributed by atoms with E-state index in [9.17, 15) is 4.79 Å². The van der Waals surface area contributed by atoms with Crippen LogP contribution in [-0.2, 0) is 0 Å². The van der Waals surface area contributed by atoms with Gasteiger partial charge in [0.25, 0.3) is 5.91 Å². The monoisotopic (exact) mass is 353 g/mol. The van der Waals surface area contributed by atoms with E-state index in [1.807, 2.05) is 30.3 Å². The zero-order valence-electron chi connectivity index (χ0n) is 14.7. The standard InChI is InChI=1S/C19H19N3O4/c1-24-15-10-13(11-16(25-2)18(15)26-3)19(23)22-21-17-9-8-12-6-4-5-7-14(12)20-17/h4-11H,1-3H3,(H,20,21)(H,22,23). The number of fused-ring (bicyclic) bond motifs is 1. The predicted molar refractivity (Wildman–Crippen MR) is 98.9 cm³/mol. The van der Waals surface area contributed by atoms with Gasteiger partial charge in [-0.25, -0.2) is 4.98 Å². The van der Waals surface area contributed by atoms with Crippen LogP contribution in [0.15, 0.2) is 48.5 Å². The van der Waals surface area contributed by atoms with Crippen LogP contribution in [0.1, 0.15) is 10.4 Å². The lowest BCUT2D eigenvalue weighted by Crippen LogP contribution is -2.29. The minimum Gasteiger partial charge on any atom is -0.493 e. The molecule has 0 aliphatic carbocycles. The molecule has 0 spiro atoms. The smallest absolute Gasteiger partial charge is 0.269 e. The number of hydrogen-bond donors (Lipinski definition) is 2. The number of nitrogens with one attached hydrogen (secondary N) is 2. The SMILES string of the molecule is COc1cc(C(=O)NNc2ccc3ccccc3n2)cc(OC)c1OC. The Hall–Kier alpha value is -3.48. The molecular weight excluding hydrogens is 334 g/mol. The number of methoxy groups -OCH3 is 3. The van der Waals surface area contributed by atoms with Crippen molar-refractivity contribution in [2.24, 2.45) is 0 Å². The maximum atomic E-state index is 12.5. The largest absolute Gasteiger partial charge is 0.493 e. The summed E-state index contributed by atoms with van der Waals surface area (Å²) in [6.07, 6.45) is 0. The topological polar surface area (TPSA) is 81.7 Å². The lowest BCUT2D eigenvalue weighted by molar-refractivity contribution is 0.0961. The molecule has 0 fully saturated rings. The highest BCUT2D eigenvalue weighted by Gasteiger charge is 2.17. The van der Waals surface area contributed by atoms with Crippen LogP contribution in [-0.4, -0.2) is 32.2 Å². The van der Waals surface area contributed by atoms with Gasteiger partial charge in [0.15, 0.2) is 11.5 Å². The second kappa shape index (κ2) is 7.60. The van der Waals surface area contributed by atoms with Crippen molar-refractivity contribution in [3.8, 4) is 17.2 Å². The number of ether oxygens (including phenoxy) is 3. The number of nitrogens with zero attached hydrogens (tertiary/aromatic N) is 1. The third-order valence-corrected chi connectivity index (χ3v) is 3.83. The van der Waals surface area contributed by atoms with Crippen LogP contribution in [0.4, 0.5) is 5.82 Å². The quantitative estimate of drug-likeness (QED) is 0.663. The van der Waals surface area contributed by atoms with Gasteiger partial charge in [0.1, 0.15) is 5.82 Å². The molecule has 0 saturated heterocycles. The van der Waals surface area contributed by atoms with Crippen molar-refractivity contribution in [3.63, 3.8) is 0 Å². The van der Waals surface area contributed by atoms with Crippen molar-refractivity contribution in [1.82, 2.24) is 10.4 Å². The van der Waals surface area contributed by atoms with Crippen molar-refractivity contribution >= 4 is 22.6 Å². The minimum absolute atomic E-state index is 0.354. The molecule has 134 valence electrons. The number of benzene rings is 2. The molecule has 1 amide bonds. The third kappa shape index (κ3) is 3.46. The van der Waals surface area contributed by atoms with Gasteiger partial charge in [0, 0.05) is 10.9 Å². The summed E-state index contributed by atoms with van der Waals surface area (Å²) in [5.74, 6) is 1.40. The fourth-order valence-corrected chi connectivity index (χ4v) is 2.54. The summed E-state index contributed by atoms with van der Waals surface area (Å²) in [6, 6.07) is 14.6. The van der Waals surface area contributed by atoms with Crippen LogP contribution in [0.25, 0.3) is 10.9 Å². The Labute approximate surface area is 150 Å². The highest BCUT2D eigenvalue weighted by atomic mass is 16.5. The summed E-state index contributed by atoms with van der Waals surface area (Å²) < 4.78 is 15.8. The number of para-hydroxylation sites is 1. The van der Waals surface area contributed by atoms with E-state index in [-0.39, 0.29) is 5.91 Å². The fraction of sp³-hybridized carbons (Fsp3) is 0.158. The average molecular weight is 353 g/mol. The molecule has 0 saturated carbocycles. The Morgan fingerprint density at radius 2 is 1.62 bits per heavy atom. The number of pyridine rings is 1. The summed E-state index contributed by atoms with van der Waals surface area (Å²) in [4.78, 5) is 16.9. The van der Waals surface area contributed by atoms with Gasteiger partial charge in [-0.15, -0.1) is 0 Å². The first-order valence-electron chi connectivity index (χ1n) is 7.88. The van der Waals surface area contributed by atoms with Crippen molar-refractivity contribution in [1.29, 1.82) is 0 Å². The summed E-state index contributed by atoms with van der Waals surface area (Å²) >= 11 is 0. The predicted octanol–water partition coefficient (Wildman–Crippen LogP) is 3.02. The molecule has 7 nitrogen and oxygen atoms in total. The average Bonchev–Trinajstić information content (AvgIpc) is 2.70. The highest BCUT2D eigenvalue weighted by Crippen LogP contribution is 2.38. The number of aromatic nitrogens is 1. The molecule has 3 rings (SSSR count). The van der Waals surface area contributed by atoms with E-state index in [1.54, 1.807) is 18.2 Å². The van der Waals surface area contributed by atoms with E-state index >= 15 is 0 Å². The molecule has 2 aromatic carbocycles. The minimum atomic E-state index is -0.362. The maximum absolute atomic E-state index is 12.5. The summed E-state index contributed by atoms with van der Waals surface area (Å²) in [5, 5.41) is 1.02. The van der Waals surface area contributed by atoms with Crippen molar-refractivity contribution in [2.75, 3.05) is 26.8 Å². The zero-order chi connectivity index (χ0) is 18.5. The third-order valence-electron chi connectivity index (χ3n) is 3.83. The second-order valence-electron chi connectivity index (χ2n) is 5.38. The molecule has 0 aliphatic heterocycles. The lowest BCUT2D eigenvalue weighted by atomic mass is 10.1. The van der Waals surface area contributed by atoms with E-state index in [2.05, 4.69) is 15.8 Å². The molecule has 0 bridgehead atoms. The Bertz CT molecular complexity index is 918. The molecule has 0 aliphatic rings. The van der Waals surface area contributed by atoms with Gasteiger partial charge in [-0.05, 0) is 30.3 Å². The Morgan fingerprint density at radius 1 is 0.923 bits per heavy atom. The molecule has 0 radical (unpaired) electrons. The summed E-state index contributed by atoms with van der Waals surface area (Å²) in [6.45, 7) is 0. The van der Waals surface area contributed by atoms with Gasteiger partial charge >= 0.3 is 0 Å². The van der Waals surface area contributed by atoms with Crippen LogP contribution < -0.4 is 25.1 Å². The van der Waals surface area contributed by atoms with Gasteiger partial charge in [0.05, 0.1) is 26.8 Å². The van der Waals surface area contributed by atoms with Crippen molar-refractivity contribution < 1.29 is 19.0 Å². The number of carbonyl (C=O) groups excluding carboxylic acids is 1. The Morgan fingerprint density at radius 3 is 2.27 bits per heavy atom. The Kier molecular flexibility index (Phi) is 5.07. The number of anilines is 1. The first kappa shape index (κ1) is 17.3. The number of carbonyl (C=O) groups is 1. The van der Waals surface area contributed by atoms with Gasteiger partial charge in [-0.2, -0.15) is 0 Å². The maximum Gasteiger partial charge on any atom is 0.269 e. The van der Waals surface area contributed by atoms with Crippen molar-refractivity contribution in [2.45, 2.75) is 0 Å². The normalized spacial score (nSPS) is 10.3.